The fourth-order valence-corrected chi connectivity index (χ4v) is 2.42. The number of carbonyl (C=O) groups is 1. The second-order valence-electron chi connectivity index (χ2n) is 4.73. The lowest BCUT2D eigenvalue weighted by Gasteiger charge is -2.14. The van der Waals surface area contributed by atoms with Crippen LogP contribution in [0, 0.1) is 10.1 Å². The third kappa shape index (κ3) is 3.68. The van der Waals surface area contributed by atoms with Gasteiger partial charge in [0.05, 0.1) is 4.92 Å². The summed E-state index contributed by atoms with van der Waals surface area (Å²) >= 11 is 5.71. The van der Waals surface area contributed by atoms with Crippen molar-refractivity contribution in [2.24, 2.45) is 0 Å². The number of halogens is 1. The molecule has 108 valence electrons. The van der Waals surface area contributed by atoms with Crippen molar-refractivity contribution in [3.63, 3.8) is 0 Å². The average Bonchev–Trinajstić information content (AvgIpc) is 2.92. The van der Waals surface area contributed by atoms with Crippen LogP contribution in [0.25, 0.3) is 0 Å². The molecular formula is C13H16ClN3O3. The van der Waals surface area contributed by atoms with Crippen molar-refractivity contribution in [3.8, 4) is 0 Å². The van der Waals surface area contributed by atoms with Gasteiger partial charge in [-0.3, -0.25) is 14.9 Å². The first-order valence-electron chi connectivity index (χ1n) is 6.52. The van der Waals surface area contributed by atoms with Crippen LogP contribution in [0.15, 0.2) is 18.2 Å². The third-order valence-corrected chi connectivity index (χ3v) is 3.64. The van der Waals surface area contributed by atoms with E-state index in [0.29, 0.717) is 6.54 Å². The number of carbonyl (C=O) groups excluding carboxylic acids is 1. The first-order chi connectivity index (χ1) is 9.58. The van der Waals surface area contributed by atoms with E-state index in [1.807, 2.05) is 0 Å². The number of nitrogens with one attached hydrogen (secondary N) is 1. The normalized spacial score (nSPS) is 15.2. The molecule has 6 nitrogen and oxygen atoms in total. The Hall–Kier alpha value is -1.66. The van der Waals surface area contributed by atoms with Crippen LogP contribution in [0.2, 0.25) is 5.02 Å². The lowest BCUT2D eigenvalue weighted by Crippen LogP contribution is -2.33. The average molecular weight is 298 g/mol. The molecule has 0 aromatic heterocycles. The van der Waals surface area contributed by atoms with Crippen molar-refractivity contribution in [3.05, 3.63) is 38.9 Å². The van der Waals surface area contributed by atoms with Gasteiger partial charge in [0.1, 0.15) is 5.02 Å². The molecule has 0 saturated carbocycles. The summed E-state index contributed by atoms with van der Waals surface area (Å²) in [6.45, 7) is 3.49. The van der Waals surface area contributed by atoms with E-state index >= 15 is 0 Å². The van der Waals surface area contributed by atoms with Crippen LogP contribution in [0.1, 0.15) is 23.2 Å². The largest absolute Gasteiger partial charge is 0.351 e. The SMILES string of the molecule is O=C(NCCN1CCCC1)c1ccc(Cl)c([N+](=O)[O-])c1. The summed E-state index contributed by atoms with van der Waals surface area (Å²) in [7, 11) is 0. The molecule has 1 aliphatic heterocycles. The number of amides is 1. The highest BCUT2D eigenvalue weighted by atomic mass is 35.5. The second-order valence-corrected chi connectivity index (χ2v) is 5.14. The zero-order valence-corrected chi connectivity index (χ0v) is 11.7. The molecule has 20 heavy (non-hydrogen) atoms. The maximum absolute atomic E-state index is 11.9. The summed E-state index contributed by atoms with van der Waals surface area (Å²) in [6.07, 6.45) is 2.41. The van der Waals surface area contributed by atoms with E-state index in [4.69, 9.17) is 11.6 Å². The standard InChI is InChI=1S/C13H16ClN3O3/c14-11-4-3-10(9-12(11)17(19)20)13(18)15-5-8-16-6-1-2-7-16/h3-4,9H,1-2,5-8H2,(H,15,18). The molecule has 1 N–H and O–H groups in total. The predicted octanol–water partition coefficient (Wildman–Crippen LogP) is 2.07. The van der Waals surface area contributed by atoms with Crippen LogP contribution in [0.3, 0.4) is 0 Å². The van der Waals surface area contributed by atoms with Gasteiger partial charge in [0.2, 0.25) is 0 Å². The lowest BCUT2D eigenvalue weighted by molar-refractivity contribution is -0.384. The zero-order chi connectivity index (χ0) is 14.5. The van der Waals surface area contributed by atoms with Gasteiger partial charge in [0.15, 0.2) is 0 Å². The minimum Gasteiger partial charge on any atom is -0.351 e. The van der Waals surface area contributed by atoms with Crippen LogP contribution in [-0.2, 0) is 0 Å². The van der Waals surface area contributed by atoms with E-state index in [9.17, 15) is 14.9 Å². The van der Waals surface area contributed by atoms with Crippen molar-refractivity contribution in [2.75, 3.05) is 26.2 Å². The van der Waals surface area contributed by atoms with Crippen molar-refractivity contribution < 1.29 is 9.72 Å². The Morgan fingerprint density at radius 2 is 2.10 bits per heavy atom. The summed E-state index contributed by atoms with van der Waals surface area (Å²) in [4.78, 5) is 24.4. The molecule has 0 spiro atoms. The Bertz CT molecular complexity index is 516. The second kappa shape index (κ2) is 6.67. The van der Waals surface area contributed by atoms with E-state index in [2.05, 4.69) is 10.2 Å². The topological polar surface area (TPSA) is 75.5 Å². The van der Waals surface area contributed by atoms with Crippen LogP contribution >= 0.6 is 11.6 Å². The molecule has 2 rings (SSSR count). The molecule has 1 heterocycles. The summed E-state index contributed by atoms with van der Waals surface area (Å²) in [5.74, 6) is -0.316. The molecule has 0 atom stereocenters. The Morgan fingerprint density at radius 1 is 1.40 bits per heavy atom. The zero-order valence-electron chi connectivity index (χ0n) is 11.0. The lowest BCUT2D eigenvalue weighted by atomic mass is 10.2. The van der Waals surface area contributed by atoms with Crippen molar-refractivity contribution in [1.82, 2.24) is 10.2 Å². The number of benzene rings is 1. The minimum atomic E-state index is -0.594. The summed E-state index contributed by atoms with van der Waals surface area (Å²) in [5, 5.41) is 13.6. The number of hydrogen-bond donors (Lipinski definition) is 1. The molecular weight excluding hydrogens is 282 g/mol. The van der Waals surface area contributed by atoms with Crippen LogP contribution in [0.5, 0.6) is 0 Å². The Morgan fingerprint density at radius 3 is 2.75 bits per heavy atom. The van der Waals surface area contributed by atoms with Gasteiger partial charge in [-0.05, 0) is 38.1 Å². The van der Waals surface area contributed by atoms with Crippen molar-refractivity contribution >= 4 is 23.2 Å². The van der Waals surface area contributed by atoms with Crippen LogP contribution in [0.4, 0.5) is 5.69 Å². The Kier molecular flexibility index (Phi) is 4.92. The van der Waals surface area contributed by atoms with Crippen molar-refractivity contribution in [2.45, 2.75) is 12.8 Å². The van der Waals surface area contributed by atoms with Gasteiger partial charge in [0.25, 0.3) is 11.6 Å². The minimum absolute atomic E-state index is 0.0311. The fourth-order valence-electron chi connectivity index (χ4n) is 2.23. The van der Waals surface area contributed by atoms with Gasteiger partial charge >= 0.3 is 0 Å². The van der Waals surface area contributed by atoms with E-state index < -0.39 is 4.92 Å². The highest BCUT2D eigenvalue weighted by Gasteiger charge is 2.16. The molecule has 1 aromatic rings. The highest BCUT2D eigenvalue weighted by molar-refractivity contribution is 6.32. The molecule has 0 bridgehead atoms. The number of nitrogens with zero attached hydrogens (tertiary/aromatic N) is 2. The molecule has 1 fully saturated rings. The van der Waals surface area contributed by atoms with E-state index in [1.165, 1.54) is 31.0 Å². The van der Waals surface area contributed by atoms with Crippen LogP contribution in [-0.4, -0.2) is 41.9 Å². The summed E-state index contributed by atoms with van der Waals surface area (Å²) in [6, 6.07) is 4.06. The van der Waals surface area contributed by atoms with E-state index in [0.717, 1.165) is 19.6 Å². The number of nitro benzene ring substituents is 1. The number of likely N-dealkylation sites (tertiary alicyclic amines) is 1. The molecule has 0 radical (unpaired) electrons. The first-order valence-corrected chi connectivity index (χ1v) is 6.90. The monoisotopic (exact) mass is 297 g/mol. The van der Waals surface area contributed by atoms with Gasteiger partial charge < -0.3 is 10.2 Å². The summed E-state index contributed by atoms with van der Waals surface area (Å²) in [5.41, 5.74) is 0.00128. The van der Waals surface area contributed by atoms with Gasteiger partial charge in [0, 0.05) is 24.7 Å². The quantitative estimate of drug-likeness (QED) is 0.667. The number of nitro groups is 1. The van der Waals surface area contributed by atoms with Gasteiger partial charge in [-0.25, -0.2) is 0 Å². The summed E-state index contributed by atoms with van der Waals surface area (Å²) < 4.78 is 0. The highest BCUT2D eigenvalue weighted by Crippen LogP contribution is 2.24. The number of hydrogen-bond acceptors (Lipinski definition) is 4. The third-order valence-electron chi connectivity index (χ3n) is 3.32. The van der Waals surface area contributed by atoms with Crippen molar-refractivity contribution in [1.29, 1.82) is 0 Å². The number of rotatable bonds is 5. The Balaban J connectivity index is 1.91. The Labute approximate surface area is 121 Å². The molecule has 0 unspecified atom stereocenters. The molecule has 1 aliphatic rings. The molecule has 1 aromatic carbocycles. The van der Waals surface area contributed by atoms with Crippen LogP contribution < -0.4 is 5.32 Å². The van der Waals surface area contributed by atoms with E-state index in [-0.39, 0.29) is 22.2 Å². The van der Waals surface area contributed by atoms with E-state index in [1.54, 1.807) is 0 Å². The fraction of sp³-hybridized carbons (Fsp3) is 0.462. The molecule has 7 heteroatoms. The first kappa shape index (κ1) is 14.7. The van der Waals surface area contributed by atoms with Gasteiger partial charge in [-0.1, -0.05) is 11.6 Å². The maximum atomic E-state index is 11.9. The van der Waals surface area contributed by atoms with Gasteiger partial charge in [-0.15, -0.1) is 0 Å². The molecule has 1 amide bonds. The smallest absolute Gasteiger partial charge is 0.288 e. The predicted molar refractivity (Wildman–Crippen MR) is 76.1 cm³/mol. The maximum Gasteiger partial charge on any atom is 0.288 e. The van der Waals surface area contributed by atoms with Gasteiger partial charge in [-0.2, -0.15) is 0 Å². The molecule has 1 saturated heterocycles. The molecule has 0 aliphatic carbocycles.